The van der Waals surface area contributed by atoms with Gasteiger partial charge in [-0.3, -0.25) is 0 Å². The molecule has 0 heterocycles. The van der Waals surface area contributed by atoms with Crippen LogP contribution in [0.4, 0.5) is 11.4 Å². The summed E-state index contributed by atoms with van der Waals surface area (Å²) in [5.41, 5.74) is 8.06. The Morgan fingerprint density at radius 3 is 1.26 bits per heavy atom. The predicted molar refractivity (Wildman–Crippen MR) is 155 cm³/mol. The van der Waals surface area contributed by atoms with Crippen LogP contribution in [-0.4, -0.2) is 51.6 Å². The van der Waals surface area contributed by atoms with Crippen LogP contribution in [0, 0.1) is 0 Å². The SMILES string of the molecule is CC(C)c1cccc(C(C)C)c1NB([B-](Nc1c(C(C)C)cccc1C(C)C)N(C)C)N(C)C.[Zr]. The normalized spacial score (nSPS) is 11.9. The summed E-state index contributed by atoms with van der Waals surface area (Å²) in [6, 6.07) is 13.5. The summed E-state index contributed by atoms with van der Waals surface area (Å²) >= 11 is 0. The van der Waals surface area contributed by atoms with Gasteiger partial charge in [0.2, 0.25) is 0 Å². The Bertz CT molecular complexity index is 801. The molecule has 0 atom stereocenters. The number of benzene rings is 2. The van der Waals surface area contributed by atoms with E-state index in [1.807, 2.05) is 0 Å². The first-order chi connectivity index (χ1) is 15.9. The number of para-hydroxylation sites is 2. The summed E-state index contributed by atoms with van der Waals surface area (Å²) in [5.74, 6) is 1.79. The van der Waals surface area contributed by atoms with Crippen molar-refractivity contribution in [2.75, 3.05) is 38.6 Å². The van der Waals surface area contributed by atoms with E-state index in [4.69, 9.17) is 0 Å². The van der Waals surface area contributed by atoms with Crippen molar-refractivity contribution in [1.82, 2.24) is 9.62 Å². The Morgan fingerprint density at radius 1 is 0.629 bits per heavy atom. The Balaban J connectivity index is 0.00000612. The second-order valence-corrected chi connectivity index (χ2v) is 11.3. The van der Waals surface area contributed by atoms with Gasteiger partial charge in [0.1, 0.15) is 0 Å². The van der Waals surface area contributed by atoms with Crippen LogP contribution in [0.15, 0.2) is 36.4 Å². The predicted octanol–water partition coefficient (Wildman–Crippen LogP) is 6.88. The third kappa shape index (κ3) is 7.98. The van der Waals surface area contributed by atoms with Crippen molar-refractivity contribution < 1.29 is 26.2 Å². The molecule has 0 saturated heterocycles. The van der Waals surface area contributed by atoms with E-state index in [9.17, 15) is 0 Å². The summed E-state index contributed by atoms with van der Waals surface area (Å²) in [4.78, 5) is 4.60. The van der Waals surface area contributed by atoms with E-state index in [2.05, 4.69) is 140 Å². The molecule has 2 aromatic rings. The van der Waals surface area contributed by atoms with Crippen LogP contribution >= 0.6 is 0 Å². The van der Waals surface area contributed by atoms with Crippen LogP contribution in [0.5, 0.6) is 0 Å². The van der Waals surface area contributed by atoms with Crippen molar-refractivity contribution in [3.63, 3.8) is 0 Å². The standard InChI is InChI=1S/C28H48B2N4.Zr/c1-19(2)23-15-13-16-24(20(3)4)27(23)31-29(33(9)10)30(34(11)12)32-28-25(21(5)6)17-14-18-26(28)22(7)8;/h13-22,31-32H,1-12H3;/q-1;. The third-order valence-corrected chi connectivity index (χ3v) is 6.74. The molecule has 191 valence electrons. The number of hydrogen-bond acceptors (Lipinski definition) is 4. The van der Waals surface area contributed by atoms with E-state index in [1.54, 1.807) is 0 Å². The van der Waals surface area contributed by atoms with Crippen molar-refractivity contribution in [2.24, 2.45) is 0 Å². The molecule has 0 aromatic heterocycles. The quantitative estimate of drug-likeness (QED) is 0.297. The molecule has 0 spiro atoms. The van der Waals surface area contributed by atoms with Crippen LogP contribution in [0.25, 0.3) is 0 Å². The molecule has 0 fully saturated rings. The number of nitrogens with one attached hydrogen (secondary N) is 2. The molecule has 1 radical (unpaired) electrons. The maximum absolute atomic E-state index is 4.00. The van der Waals surface area contributed by atoms with Crippen molar-refractivity contribution in [3.05, 3.63) is 58.7 Å². The van der Waals surface area contributed by atoms with Crippen LogP contribution in [0.1, 0.15) is 101 Å². The fraction of sp³-hybridized carbons (Fsp3) is 0.571. The molecule has 0 aliphatic carbocycles. The smallest absolute Gasteiger partial charge is 0.158 e. The average Bonchev–Trinajstić information content (AvgIpc) is 2.74. The fourth-order valence-corrected chi connectivity index (χ4v) is 4.71. The summed E-state index contributed by atoms with van der Waals surface area (Å²) < 4.78 is 0. The first-order valence-electron chi connectivity index (χ1n) is 13.0. The zero-order chi connectivity index (χ0) is 25.7. The molecule has 0 aliphatic rings. The zero-order valence-electron chi connectivity index (χ0n) is 24.3. The Hall–Kier alpha value is -1.03. The molecule has 7 heteroatoms. The van der Waals surface area contributed by atoms with Crippen molar-refractivity contribution in [2.45, 2.75) is 79.1 Å². The first kappa shape index (κ1) is 32.0. The van der Waals surface area contributed by atoms with Gasteiger partial charge < -0.3 is 20.1 Å². The molecular weight excluding hydrogens is 505 g/mol. The van der Waals surface area contributed by atoms with Gasteiger partial charge in [-0.15, -0.1) is 0 Å². The molecule has 0 unspecified atom stereocenters. The Kier molecular flexibility index (Phi) is 12.9. The second kappa shape index (κ2) is 14.1. The molecule has 2 rings (SSSR count). The molecule has 0 aliphatic heterocycles. The monoisotopic (exact) mass is 552 g/mol. The van der Waals surface area contributed by atoms with Crippen LogP contribution < -0.4 is 10.5 Å². The largest absolute Gasteiger partial charge is 0.572 e. The molecule has 0 bridgehead atoms. The summed E-state index contributed by atoms with van der Waals surface area (Å²) in [5, 5.41) is 8.00. The van der Waals surface area contributed by atoms with Gasteiger partial charge in [0.05, 0.1) is 6.87 Å². The topological polar surface area (TPSA) is 30.5 Å². The van der Waals surface area contributed by atoms with Gasteiger partial charge in [-0.25, -0.2) is 0 Å². The van der Waals surface area contributed by atoms with Gasteiger partial charge >= 0.3 is 0 Å². The maximum atomic E-state index is 4.00. The molecule has 0 amide bonds. The minimum Gasteiger partial charge on any atom is -0.572 e. The van der Waals surface area contributed by atoms with Crippen LogP contribution in [0.3, 0.4) is 0 Å². The fourth-order valence-electron chi connectivity index (χ4n) is 4.71. The summed E-state index contributed by atoms with van der Waals surface area (Å²) in [6.45, 7) is 18.4. The van der Waals surface area contributed by atoms with E-state index >= 15 is 0 Å². The Labute approximate surface area is 236 Å². The molecule has 35 heavy (non-hydrogen) atoms. The van der Waals surface area contributed by atoms with Crippen LogP contribution in [0.2, 0.25) is 0 Å². The van der Waals surface area contributed by atoms with E-state index in [0.717, 1.165) is 0 Å². The third-order valence-electron chi connectivity index (χ3n) is 6.74. The average molecular weight is 554 g/mol. The molecule has 4 nitrogen and oxygen atoms in total. The zero-order valence-corrected chi connectivity index (χ0v) is 26.8. The molecule has 0 saturated carbocycles. The van der Waals surface area contributed by atoms with E-state index < -0.39 is 0 Å². The first-order valence-corrected chi connectivity index (χ1v) is 13.0. The number of hydrogen-bond donors (Lipinski definition) is 2. The van der Waals surface area contributed by atoms with Gasteiger partial charge in [-0.2, -0.15) is 0 Å². The molecule has 2 aromatic carbocycles. The summed E-state index contributed by atoms with van der Waals surface area (Å²) in [6.07, 6.45) is 0. The van der Waals surface area contributed by atoms with E-state index in [1.165, 1.54) is 33.6 Å². The van der Waals surface area contributed by atoms with Gasteiger partial charge in [-0.05, 0) is 65.7 Å². The van der Waals surface area contributed by atoms with E-state index in [-0.39, 0.29) is 40.0 Å². The minimum absolute atomic E-state index is 0. The van der Waals surface area contributed by atoms with Gasteiger partial charge in [0, 0.05) is 31.9 Å². The number of rotatable bonds is 11. The van der Waals surface area contributed by atoms with Gasteiger partial charge in [0.15, 0.2) is 6.87 Å². The minimum atomic E-state index is 0. The molecule has 2 N–H and O–H groups in total. The maximum Gasteiger partial charge on any atom is 0.158 e. The van der Waals surface area contributed by atoms with Crippen molar-refractivity contribution >= 4 is 25.1 Å². The summed E-state index contributed by atoms with van der Waals surface area (Å²) in [7, 11) is 8.67. The van der Waals surface area contributed by atoms with Crippen molar-refractivity contribution in [1.29, 1.82) is 0 Å². The number of anilines is 2. The second-order valence-electron chi connectivity index (χ2n) is 11.3. The Morgan fingerprint density at radius 2 is 0.971 bits per heavy atom. The molecular formula is C28H48B2N4Zr-. The van der Waals surface area contributed by atoms with Crippen LogP contribution in [-0.2, 0) is 26.2 Å². The van der Waals surface area contributed by atoms with Crippen molar-refractivity contribution in [3.8, 4) is 0 Å². The number of nitrogens with zero attached hydrogens (tertiary/aromatic N) is 2. The van der Waals surface area contributed by atoms with E-state index in [0.29, 0.717) is 23.7 Å². The van der Waals surface area contributed by atoms with Gasteiger partial charge in [-0.1, -0.05) is 106 Å². The van der Waals surface area contributed by atoms with Gasteiger partial charge in [0.25, 0.3) is 0 Å².